The Bertz CT molecular complexity index is 579. The van der Waals surface area contributed by atoms with E-state index in [2.05, 4.69) is 57.3 Å². The molecule has 0 atom stereocenters. The van der Waals surface area contributed by atoms with E-state index < -0.39 is 0 Å². The lowest BCUT2D eigenvalue weighted by atomic mass is 9.77. The Balaban J connectivity index is 2.30. The zero-order chi connectivity index (χ0) is 15.5. The lowest BCUT2D eigenvalue weighted by Crippen LogP contribution is -2.38. The molecule has 0 radical (unpaired) electrons. The summed E-state index contributed by atoms with van der Waals surface area (Å²) in [6.07, 6.45) is 3.39. The molecule has 0 unspecified atom stereocenters. The summed E-state index contributed by atoms with van der Waals surface area (Å²) in [5.74, 6) is 0. The highest BCUT2D eigenvalue weighted by molar-refractivity contribution is 5.81. The van der Waals surface area contributed by atoms with Crippen LogP contribution in [-0.2, 0) is 13.5 Å². The van der Waals surface area contributed by atoms with Crippen LogP contribution in [0.25, 0.3) is 10.9 Å². The van der Waals surface area contributed by atoms with Crippen molar-refractivity contribution in [3.8, 4) is 0 Å². The number of nitrogens with zero attached hydrogens (tertiary/aromatic N) is 2. The van der Waals surface area contributed by atoms with Gasteiger partial charge in [0.1, 0.15) is 0 Å². The average Bonchev–Trinajstić information content (AvgIpc) is 2.80. The van der Waals surface area contributed by atoms with E-state index in [-0.39, 0.29) is 0 Å². The van der Waals surface area contributed by atoms with E-state index in [9.17, 15) is 0 Å². The average molecular weight is 287 g/mol. The minimum absolute atomic E-state index is 0.293. The van der Waals surface area contributed by atoms with Crippen LogP contribution in [0.5, 0.6) is 0 Å². The maximum Gasteiger partial charge on any atom is 0.0709 e. The second-order valence-electron chi connectivity index (χ2n) is 6.51. The van der Waals surface area contributed by atoms with Gasteiger partial charge in [-0.2, -0.15) is 5.10 Å². The van der Waals surface area contributed by atoms with Gasteiger partial charge in [0.15, 0.2) is 0 Å². The molecule has 0 saturated heterocycles. The Labute approximate surface area is 128 Å². The van der Waals surface area contributed by atoms with E-state index in [0.717, 1.165) is 13.0 Å². The van der Waals surface area contributed by atoms with Gasteiger partial charge in [-0.25, -0.2) is 0 Å². The second kappa shape index (κ2) is 6.61. The Kier molecular flexibility index (Phi) is 5.04. The number of aryl methyl sites for hydroxylation is 1. The van der Waals surface area contributed by atoms with Crippen LogP contribution in [0, 0.1) is 5.41 Å². The molecule has 0 bridgehead atoms. The topological polar surface area (TPSA) is 29.9 Å². The van der Waals surface area contributed by atoms with Crippen molar-refractivity contribution in [3.05, 3.63) is 30.0 Å². The van der Waals surface area contributed by atoms with Crippen LogP contribution < -0.4 is 5.32 Å². The molecule has 0 fully saturated rings. The van der Waals surface area contributed by atoms with Crippen LogP contribution in [0.4, 0.5) is 0 Å². The number of nitrogens with one attached hydrogen (secondary N) is 1. The quantitative estimate of drug-likeness (QED) is 0.836. The Morgan fingerprint density at radius 3 is 2.48 bits per heavy atom. The van der Waals surface area contributed by atoms with Crippen molar-refractivity contribution in [1.29, 1.82) is 0 Å². The molecule has 0 aliphatic rings. The van der Waals surface area contributed by atoms with Gasteiger partial charge < -0.3 is 5.32 Å². The summed E-state index contributed by atoms with van der Waals surface area (Å²) >= 11 is 0. The van der Waals surface area contributed by atoms with Crippen LogP contribution in [0.2, 0.25) is 0 Å². The maximum atomic E-state index is 4.79. The van der Waals surface area contributed by atoms with Crippen LogP contribution in [-0.4, -0.2) is 22.4 Å². The minimum Gasteiger partial charge on any atom is -0.314 e. The standard InChI is InChI=1S/C18H29N3/c1-6-18(7-2,13-19-14(3)4)12-16-15-10-8-9-11-17(15)21(5)20-16/h8-11,14,19H,6-7,12-13H2,1-5H3. The number of hydrogen-bond acceptors (Lipinski definition) is 2. The molecule has 3 heteroatoms. The van der Waals surface area contributed by atoms with Crippen LogP contribution >= 0.6 is 0 Å². The summed E-state index contributed by atoms with van der Waals surface area (Å²) in [5, 5.41) is 9.72. The molecule has 1 aromatic carbocycles. The predicted molar refractivity (Wildman–Crippen MR) is 90.6 cm³/mol. The van der Waals surface area contributed by atoms with Gasteiger partial charge in [-0.1, -0.05) is 45.9 Å². The van der Waals surface area contributed by atoms with Gasteiger partial charge in [0.05, 0.1) is 11.2 Å². The fraction of sp³-hybridized carbons (Fsp3) is 0.611. The number of fused-ring (bicyclic) bond motifs is 1. The Morgan fingerprint density at radius 1 is 1.19 bits per heavy atom. The molecule has 1 heterocycles. The first-order chi connectivity index (χ1) is 10.0. The van der Waals surface area contributed by atoms with E-state index in [1.807, 2.05) is 11.7 Å². The van der Waals surface area contributed by atoms with E-state index in [4.69, 9.17) is 5.10 Å². The van der Waals surface area contributed by atoms with Crippen LogP contribution in [0.15, 0.2) is 24.3 Å². The number of rotatable bonds is 7. The van der Waals surface area contributed by atoms with Gasteiger partial charge in [0, 0.05) is 25.0 Å². The molecule has 0 amide bonds. The van der Waals surface area contributed by atoms with Gasteiger partial charge in [-0.3, -0.25) is 4.68 Å². The number of aromatic nitrogens is 2. The summed E-state index contributed by atoms with van der Waals surface area (Å²) in [5.41, 5.74) is 2.76. The predicted octanol–water partition coefficient (Wildman–Crippen LogP) is 3.92. The monoisotopic (exact) mass is 287 g/mol. The third kappa shape index (κ3) is 3.46. The molecular weight excluding hydrogens is 258 g/mol. The van der Waals surface area contributed by atoms with Crippen LogP contribution in [0.1, 0.15) is 46.2 Å². The van der Waals surface area contributed by atoms with Crippen molar-refractivity contribution in [2.45, 2.75) is 53.0 Å². The molecular formula is C18H29N3. The smallest absolute Gasteiger partial charge is 0.0709 e. The molecule has 2 rings (SSSR count). The van der Waals surface area contributed by atoms with Crippen molar-refractivity contribution in [3.63, 3.8) is 0 Å². The highest BCUT2D eigenvalue weighted by atomic mass is 15.3. The zero-order valence-electron chi connectivity index (χ0n) is 14.1. The molecule has 1 aromatic heterocycles. The largest absolute Gasteiger partial charge is 0.314 e. The van der Waals surface area contributed by atoms with E-state index in [1.165, 1.54) is 29.4 Å². The fourth-order valence-electron chi connectivity index (χ4n) is 3.01. The Morgan fingerprint density at radius 2 is 1.86 bits per heavy atom. The number of hydrogen-bond donors (Lipinski definition) is 1. The molecule has 0 aliphatic heterocycles. The van der Waals surface area contributed by atoms with Gasteiger partial charge in [0.2, 0.25) is 0 Å². The molecule has 2 aromatic rings. The Hall–Kier alpha value is -1.35. The van der Waals surface area contributed by atoms with Crippen LogP contribution in [0.3, 0.4) is 0 Å². The number of benzene rings is 1. The minimum atomic E-state index is 0.293. The first-order valence-electron chi connectivity index (χ1n) is 8.15. The van der Waals surface area contributed by atoms with E-state index in [0.29, 0.717) is 11.5 Å². The molecule has 1 N–H and O–H groups in total. The molecule has 0 aliphatic carbocycles. The van der Waals surface area contributed by atoms with Crippen molar-refractivity contribution in [2.24, 2.45) is 12.5 Å². The molecule has 3 nitrogen and oxygen atoms in total. The normalized spacial score (nSPS) is 12.5. The van der Waals surface area contributed by atoms with Gasteiger partial charge in [-0.15, -0.1) is 0 Å². The zero-order valence-corrected chi connectivity index (χ0v) is 14.1. The summed E-state index contributed by atoms with van der Waals surface area (Å²) in [4.78, 5) is 0. The lowest BCUT2D eigenvalue weighted by Gasteiger charge is -2.32. The summed E-state index contributed by atoms with van der Waals surface area (Å²) < 4.78 is 2.01. The van der Waals surface area contributed by atoms with Crippen molar-refractivity contribution < 1.29 is 0 Å². The van der Waals surface area contributed by atoms with Gasteiger partial charge in [-0.05, 0) is 30.7 Å². The molecule has 0 spiro atoms. The SMILES string of the molecule is CCC(CC)(CNC(C)C)Cc1nn(C)c2ccccc12. The number of para-hydroxylation sites is 1. The summed E-state index contributed by atoms with van der Waals surface area (Å²) in [6.45, 7) is 10.1. The first-order valence-corrected chi connectivity index (χ1v) is 8.15. The third-order valence-corrected chi connectivity index (χ3v) is 4.76. The fourth-order valence-corrected chi connectivity index (χ4v) is 3.01. The van der Waals surface area contributed by atoms with Gasteiger partial charge >= 0.3 is 0 Å². The van der Waals surface area contributed by atoms with E-state index in [1.54, 1.807) is 0 Å². The summed E-state index contributed by atoms with van der Waals surface area (Å²) in [6, 6.07) is 9.07. The van der Waals surface area contributed by atoms with E-state index >= 15 is 0 Å². The molecule has 116 valence electrons. The third-order valence-electron chi connectivity index (χ3n) is 4.76. The van der Waals surface area contributed by atoms with Crippen molar-refractivity contribution >= 4 is 10.9 Å². The molecule has 21 heavy (non-hydrogen) atoms. The first kappa shape index (κ1) is 16.0. The second-order valence-corrected chi connectivity index (χ2v) is 6.51. The maximum absolute atomic E-state index is 4.79. The lowest BCUT2D eigenvalue weighted by molar-refractivity contribution is 0.237. The highest BCUT2D eigenvalue weighted by Crippen LogP contribution is 2.32. The summed E-state index contributed by atoms with van der Waals surface area (Å²) in [7, 11) is 2.04. The highest BCUT2D eigenvalue weighted by Gasteiger charge is 2.28. The molecule has 0 saturated carbocycles. The van der Waals surface area contributed by atoms with Gasteiger partial charge in [0.25, 0.3) is 0 Å². The van der Waals surface area contributed by atoms with Crippen molar-refractivity contribution in [2.75, 3.05) is 6.54 Å². The van der Waals surface area contributed by atoms with Crippen molar-refractivity contribution in [1.82, 2.24) is 15.1 Å².